The van der Waals surface area contributed by atoms with Crippen LogP contribution in [0.4, 0.5) is 0 Å². The minimum atomic E-state index is -0.793. The number of Topliss-reactive ketones (excluding diaryl/α,β-unsaturated/α-hetero) is 1. The Balaban J connectivity index is 1.58. The molecule has 1 heterocycles. The zero-order valence-corrected chi connectivity index (χ0v) is 16.8. The molecule has 1 unspecified atom stereocenters. The molecule has 3 rings (SSSR count). The number of aryl methyl sites for hydroxylation is 1. The predicted molar refractivity (Wildman–Crippen MR) is 110 cm³/mol. The van der Waals surface area contributed by atoms with Crippen molar-refractivity contribution in [3.63, 3.8) is 0 Å². The van der Waals surface area contributed by atoms with Gasteiger partial charge in [0.15, 0.2) is 11.6 Å². The standard InChI is InChI=1S/C23H24N2O4/c1-15-22(17(3)26)16(2)25(24-15)13-20(27)14-29-21-11-9-19(10-12-21)23(28)18-7-5-4-6-8-18/h4-12,20,27H,13-14H2,1-3H3. The summed E-state index contributed by atoms with van der Waals surface area (Å²) in [6.07, 6.45) is -0.793. The third-order valence-electron chi connectivity index (χ3n) is 4.71. The van der Waals surface area contributed by atoms with E-state index in [0.29, 0.717) is 28.1 Å². The lowest BCUT2D eigenvalue weighted by atomic mass is 10.0. The Labute approximate surface area is 169 Å². The van der Waals surface area contributed by atoms with Gasteiger partial charge in [-0.3, -0.25) is 14.3 Å². The van der Waals surface area contributed by atoms with E-state index < -0.39 is 6.10 Å². The van der Waals surface area contributed by atoms with E-state index in [1.165, 1.54) is 6.92 Å². The van der Waals surface area contributed by atoms with Crippen LogP contribution >= 0.6 is 0 Å². The number of aliphatic hydroxyl groups excluding tert-OH is 1. The topological polar surface area (TPSA) is 81.4 Å². The Morgan fingerprint density at radius 1 is 1.03 bits per heavy atom. The van der Waals surface area contributed by atoms with Gasteiger partial charge in [-0.15, -0.1) is 0 Å². The van der Waals surface area contributed by atoms with E-state index >= 15 is 0 Å². The van der Waals surface area contributed by atoms with Crippen LogP contribution in [0.3, 0.4) is 0 Å². The van der Waals surface area contributed by atoms with Gasteiger partial charge in [0, 0.05) is 16.8 Å². The lowest BCUT2D eigenvalue weighted by molar-refractivity contribution is 0.0884. The number of aliphatic hydroxyl groups is 1. The Kier molecular flexibility index (Phi) is 6.24. The SMILES string of the molecule is CC(=O)c1c(C)nn(CC(O)COc2ccc(C(=O)c3ccccc3)cc2)c1C. The summed E-state index contributed by atoms with van der Waals surface area (Å²) in [5.74, 6) is 0.469. The summed E-state index contributed by atoms with van der Waals surface area (Å²) < 4.78 is 7.26. The molecule has 1 atom stereocenters. The quantitative estimate of drug-likeness (QED) is 0.595. The van der Waals surface area contributed by atoms with Crippen LogP contribution in [0.1, 0.15) is 44.6 Å². The van der Waals surface area contributed by atoms with Crippen LogP contribution in [0, 0.1) is 13.8 Å². The van der Waals surface area contributed by atoms with Crippen molar-refractivity contribution < 1.29 is 19.4 Å². The Morgan fingerprint density at radius 3 is 2.24 bits per heavy atom. The lowest BCUT2D eigenvalue weighted by Gasteiger charge is -2.14. The van der Waals surface area contributed by atoms with Gasteiger partial charge < -0.3 is 9.84 Å². The molecule has 0 aliphatic carbocycles. The first-order valence-electron chi connectivity index (χ1n) is 9.42. The average molecular weight is 392 g/mol. The largest absolute Gasteiger partial charge is 0.491 e. The first-order valence-corrected chi connectivity index (χ1v) is 9.42. The maximum Gasteiger partial charge on any atom is 0.193 e. The first-order chi connectivity index (χ1) is 13.9. The van der Waals surface area contributed by atoms with Crippen LogP contribution in [0.2, 0.25) is 0 Å². The Morgan fingerprint density at radius 2 is 1.66 bits per heavy atom. The van der Waals surface area contributed by atoms with Crippen LogP contribution in [-0.2, 0) is 6.54 Å². The van der Waals surface area contributed by atoms with Gasteiger partial charge in [-0.25, -0.2) is 0 Å². The molecule has 1 aromatic heterocycles. The number of nitrogens with zero attached hydrogens (tertiary/aromatic N) is 2. The van der Waals surface area contributed by atoms with Crippen molar-refractivity contribution in [3.8, 4) is 5.75 Å². The molecule has 2 aromatic carbocycles. The lowest BCUT2D eigenvalue weighted by Crippen LogP contribution is -2.25. The highest BCUT2D eigenvalue weighted by Crippen LogP contribution is 2.17. The summed E-state index contributed by atoms with van der Waals surface area (Å²) in [4.78, 5) is 24.1. The van der Waals surface area contributed by atoms with Crippen molar-refractivity contribution in [1.82, 2.24) is 9.78 Å². The van der Waals surface area contributed by atoms with E-state index in [1.54, 1.807) is 48.0 Å². The number of carbonyl (C=O) groups excluding carboxylic acids is 2. The van der Waals surface area contributed by atoms with Crippen LogP contribution in [-0.4, -0.2) is 39.2 Å². The van der Waals surface area contributed by atoms with Crippen LogP contribution in [0.25, 0.3) is 0 Å². The van der Waals surface area contributed by atoms with E-state index in [4.69, 9.17) is 4.74 Å². The predicted octanol–water partition coefficient (Wildman–Crippen LogP) is 3.37. The van der Waals surface area contributed by atoms with Gasteiger partial charge >= 0.3 is 0 Å². The monoisotopic (exact) mass is 392 g/mol. The highest BCUT2D eigenvalue weighted by atomic mass is 16.5. The molecular formula is C23H24N2O4. The Hall–Kier alpha value is -3.25. The molecule has 0 fully saturated rings. The normalized spacial score (nSPS) is 11.9. The average Bonchev–Trinajstić information content (AvgIpc) is 3.00. The summed E-state index contributed by atoms with van der Waals surface area (Å²) in [5.41, 5.74) is 3.19. The fraction of sp³-hybridized carbons (Fsp3) is 0.261. The van der Waals surface area contributed by atoms with E-state index in [2.05, 4.69) is 5.10 Å². The highest BCUT2D eigenvalue weighted by Gasteiger charge is 2.17. The second kappa shape index (κ2) is 8.84. The van der Waals surface area contributed by atoms with Crippen LogP contribution < -0.4 is 4.74 Å². The molecule has 0 amide bonds. The number of ketones is 2. The molecule has 0 spiro atoms. The molecule has 6 nitrogen and oxygen atoms in total. The zero-order chi connectivity index (χ0) is 21.0. The van der Waals surface area contributed by atoms with E-state index in [-0.39, 0.29) is 24.7 Å². The molecule has 29 heavy (non-hydrogen) atoms. The fourth-order valence-electron chi connectivity index (χ4n) is 3.29. The number of benzene rings is 2. The summed E-state index contributed by atoms with van der Waals surface area (Å²) in [7, 11) is 0. The van der Waals surface area contributed by atoms with Crippen molar-refractivity contribution in [2.24, 2.45) is 0 Å². The molecule has 1 N–H and O–H groups in total. The molecule has 0 aliphatic rings. The van der Waals surface area contributed by atoms with Crippen molar-refractivity contribution in [2.45, 2.75) is 33.4 Å². The van der Waals surface area contributed by atoms with Crippen LogP contribution in [0.5, 0.6) is 5.75 Å². The first kappa shape index (κ1) is 20.5. The molecule has 3 aromatic rings. The summed E-state index contributed by atoms with van der Waals surface area (Å²) >= 11 is 0. The van der Waals surface area contributed by atoms with Gasteiger partial charge in [0.1, 0.15) is 18.5 Å². The molecule has 150 valence electrons. The number of hydrogen-bond donors (Lipinski definition) is 1. The molecular weight excluding hydrogens is 368 g/mol. The number of carbonyl (C=O) groups is 2. The van der Waals surface area contributed by atoms with Gasteiger partial charge in [0.05, 0.1) is 17.8 Å². The smallest absolute Gasteiger partial charge is 0.193 e. The van der Waals surface area contributed by atoms with Gasteiger partial charge in [-0.1, -0.05) is 30.3 Å². The summed E-state index contributed by atoms with van der Waals surface area (Å²) in [6.45, 7) is 5.39. The minimum Gasteiger partial charge on any atom is -0.491 e. The molecule has 0 saturated heterocycles. The van der Waals surface area contributed by atoms with Gasteiger partial charge in [-0.05, 0) is 45.0 Å². The highest BCUT2D eigenvalue weighted by molar-refractivity contribution is 6.08. The maximum atomic E-state index is 12.4. The number of ether oxygens (including phenoxy) is 1. The summed E-state index contributed by atoms with van der Waals surface area (Å²) in [5, 5.41) is 14.6. The van der Waals surface area contributed by atoms with Crippen molar-refractivity contribution in [1.29, 1.82) is 0 Å². The van der Waals surface area contributed by atoms with Crippen molar-refractivity contribution in [2.75, 3.05) is 6.61 Å². The van der Waals surface area contributed by atoms with Gasteiger partial charge in [0.2, 0.25) is 0 Å². The fourth-order valence-corrected chi connectivity index (χ4v) is 3.29. The number of rotatable bonds is 8. The minimum absolute atomic E-state index is 0.0397. The molecule has 0 radical (unpaired) electrons. The third-order valence-corrected chi connectivity index (χ3v) is 4.71. The number of aromatic nitrogens is 2. The van der Waals surface area contributed by atoms with Crippen LogP contribution in [0.15, 0.2) is 54.6 Å². The van der Waals surface area contributed by atoms with E-state index in [0.717, 1.165) is 5.69 Å². The van der Waals surface area contributed by atoms with Gasteiger partial charge in [-0.2, -0.15) is 5.10 Å². The molecule has 0 bridgehead atoms. The van der Waals surface area contributed by atoms with E-state index in [9.17, 15) is 14.7 Å². The zero-order valence-electron chi connectivity index (χ0n) is 16.8. The van der Waals surface area contributed by atoms with Crippen molar-refractivity contribution in [3.05, 3.63) is 82.7 Å². The molecule has 6 heteroatoms. The molecule has 0 aliphatic heterocycles. The second-order valence-corrected chi connectivity index (χ2v) is 6.97. The molecule has 0 saturated carbocycles. The maximum absolute atomic E-state index is 12.4. The third kappa shape index (κ3) is 4.78. The van der Waals surface area contributed by atoms with E-state index in [1.807, 2.05) is 25.1 Å². The second-order valence-electron chi connectivity index (χ2n) is 6.97. The van der Waals surface area contributed by atoms with Gasteiger partial charge in [0.25, 0.3) is 0 Å². The van der Waals surface area contributed by atoms with Crippen molar-refractivity contribution >= 4 is 11.6 Å². The number of hydrogen-bond acceptors (Lipinski definition) is 5. The Bertz CT molecular complexity index is 1010. The summed E-state index contributed by atoms with van der Waals surface area (Å²) in [6, 6.07) is 15.9.